The van der Waals surface area contributed by atoms with Crippen LogP contribution in [0.25, 0.3) is 0 Å². The number of nitriles is 1. The minimum Gasteiger partial charge on any atom is -0.325 e. The van der Waals surface area contributed by atoms with Crippen molar-refractivity contribution in [3.05, 3.63) is 29.3 Å². The summed E-state index contributed by atoms with van der Waals surface area (Å²) in [7, 11) is 1.80. The van der Waals surface area contributed by atoms with Crippen molar-refractivity contribution in [2.75, 3.05) is 25.5 Å². The van der Waals surface area contributed by atoms with Gasteiger partial charge in [-0.3, -0.25) is 9.69 Å². The van der Waals surface area contributed by atoms with Crippen LogP contribution in [-0.4, -0.2) is 30.9 Å². The SMILES string of the molecule is CN(CCC#N)CC(=O)Nc1ccc(Cl)cc1. The fourth-order valence-electron chi connectivity index (χ4n) is 1.30. The highest BCUT2D eigenvalue weighted by atomic mass is 35.5. The lowest BCUT2D eigenvalue weighted by Gasteiger charge is -2.14. The van der Waals surface area contributed by atoms with Crippen LogP contribution in [0, 0.1) is 11.3 Å². The maximum Gasteiger partial charge on any atom is 0.238 e. The summed E-state index contributed by atoms with van der Waals surface area (Å²) in [5, 5.41) is 11.8. The molecule has 0 fully saturated rings. The van der Waals surface area contributed by atoms with Crippen LogP contribution in [0.1, 0.15) is 6.42 Å². The van der Waals surface area contributed by atoms with E-state index >= 15 is 0 Å². The molecule has 1 aromatic carbocycles. The molecule has 0 aliphatic rings. The van der Waals surface area contributed by atoms with Crippen LogP contribution >= 0.6 is 11.6 Å². The summed E-state index contributed by atoms with van der Waals surface area (Å²) in [6.07, 6.45) is 0.421. The third kappa shape index (κ3) is 5.34. The van der Waals surface area contributed by atoms with E-state index in [-0.39, 0.29) is 12.5 Å². The number of nitrogens with one attached hydrogen (secondary N) is 1. The number of carbonyl (C=O) groups excluding carboxylic acids is 1. The smallest absolute Gasteiger partial charge is 0.238 e. The second kappa shape index (κ2) is 6.89. The van der Waals surface area contributed by atoms with Gasteiger partial charge < -0.3 is 5.32 Å². The van der Waals surface area contributed by atoms with Gasteiger partial charge in [-0.15, -0.1) is 0 Å². The topological polar surface area (TPSA) is 56.1 Å². The summed E-state index contributed by atoms with van der Waals surface area (Å²) < 4.78 is 0. The van der Waals surface area contributed by atoms with Crippen LogP contribution in [0.4, 0.5) is 5.69 Å². The lowest BCUT2D eigenvalue weighted by atomic mass is 10.3. The third-order valence-electron chi connectivity index (χ3n) is 2.15. The molecule has 1 amide bonds. The van der Waals surface area contributed by atoms with Gasteiger partial charge in [-0.1, -0.05) is 11.6 Å². The largest absolute Gasteiger partial charge is 0.325 e. The number of hydrogen-bond donors (Lipinski definition) is 1. The normalized spacial score (nSPS) is 10.0. The predicted molar refractivity (Wildman–Crippen MR) is 67.8 cm³/mol. The van der Waals surface area contributed by atoms with E-state index in [0.29, 0.717) is 23.7 Å². The van der Waals surface area contributed by atoms with Crippen molar-refractivity contribution in [2.45, 2.75) is 6.42 Å². The minimum atomic E-state index is -0.104. The van der Waals surface area contributed by atoms with E-state index in [1.165, 1.54) is 0 Å². The van der Waals surface area contributed by atoms with Crippen LogP contribution in [0.3, 0.4) is 0 Å². The Hall–Kier alpha value is -1.57. The first-order valence-corrected chi connectivity index (χ1v) is 5.60. The molecule has 0 heterocycles. The van der Waals surface area contributed by atoms with Gasteiger partial charge in [0.1, 0.15) is 0 Å². The number of rotatable bonds is 5. The zero-order valence-electron chi connectivity index (χ0n) is 9.61. The highest BCUT2D eigenvalue weighted by Crippen LogP contribution is 2.13. The zero-order valence-corrected chi connectivity index (χ0v) is 10.4. The van der Waals surface area contributed by atoms with E-state index in [2.05, 4.69) is 5.32 Å². The summed E-state index contributed by atoms with van der Waals surface area (Å²) in [5.41, 5.74) is 0.716. The maximum atomic E-state index is 11.6. The lowest BCUT2D eigenvalue weighted by Crippen LogP contribution is -2.30. The fraction of sp³-hybridized carbons (Fsp3) is 0.333. The average Bonchev–Trinajstić information content (AvgIpc) is 2.29. The Morgan fingerprint density at radius 3 is 2.71 bits per heavy atom. The third-order valence-corrected chi connectivity index (χ3v) is 2.40. The van der Waals surface area contributed by atoms with Crippen molar-refractivity contribution in [1.29, 1.82) is 5.26 Å². The Balaban J connectivity index is 2.39. The van der Waals surface area contributed by atoms with E-state index in [0.717, 1.165) is 0 Å². The molecule has 0 aromatic heterocycles. The Labute approximate surface area is 106 Å². The quantitative estimate of drug-likeness (QED) is 0.872. The second-order valence-electron chi connectivity index (χ2n) is 3.70. The molecule has 0 spiro atoms. The van der Waals surface area contributed by atoms with Crippen LogP contribution < -0.4 is 5.32 Å². The molecule has 0 saturated carbocycles. The number of halogens is 1. The Morgan fingerprint density at radius 2 is 2.12 bits per heavy atom. The Kier molecular flexibility index (Phi) is 5.47. The summed E-state index contributed by atoms with van der Waals surface area (Å²) in [6, 6.07) is 8.97. The highest BCUT2D eigenvalue weighted by Gasteiger charge is 2.06. The molecular weight excluding hydrogens is 238 g/mol. The molecule has 0 bridgehead atoms. The fourth-order valence-corrected chi connectivity index (χ4v) is 1.42. The summed E-state index contributed by atoms with van der Waals surface area (Å²) in [4.78, 5) is 13.4. The molecule has 5 heteroatoms. The van der Waals surface area contributed by atoms with Crippen molar-refractivity contribution < 1.29 is 4.79 Å². The number of carbonyl (C=O) groups is 1. The summed E-state index contributed by atoms with van der Waals surface area (Å²) in [6.45, 7) is 0.856. The average molecular weight is 252 g/mol. The Morgan fingerprint density at radius 1 is 1.47 bits per heavy atom. The van der Waals surface area contributed by atoms with Crippen LogP contribution in [0.5, 0.6) is 0 Å². The minimum absolute atomic E-state index is 0.104. The first kappa shape index (κ1) is 13.5. The number of amides is 1. The van der Waals surface area contributed by atoms with Crippen molar-refractivity contribution >= 4 is 23.2 Å². The van der Waals surface area contributed by atoms with Gasteiger partial charge in [0.05, 0.1) is 12.6 Å². The number of nitrogens with zero attached hydrogens (tertiary/aromatic N) is 2. The molecule has 1 N–H and O–H groups in total. The van der Waals surface area contributed by atoms with Crippen molar-refractivity contribution in [1.82, 2.24) is 4.90 Å². The monoisotopic (exact) mass is 251 g/mol. The van der Waals surface area contributed by atoms with E-state index in [1.807, 2.05) is 6.07 Å². The molecule has 0 atom stereocenters. The van der Waals surface area contributed by atoms with Crippen LogP contribution in [0.2, 0.25) is 5.02 Å². The predicted octanol–water partition coefficient (Wildman–Crippen LogP) is 2.12. The van der Waals surface area contributed by atoms with Gasteiger partial charge in [0, 0.05) is 23.7 Å². The highest BCUT2D eigenvalue weighted by molar-refractivity contribution is 6.30. The molecular formula is C12H14ClN3O. The molecule has 0 radical (unpaired) electrons. The van der Waals surface area contributed by atoms with Gasteiger partial charge in [0.2, 0.25) is 5.91 Å². The lowest BCUT2D eigenvalue weighted by molar-refractivity contribution is -0.117. The van der Waals surface area contributed by atoms with Crippen LogP contribution in [-0.2, 0) is 4.79 Å². The number of likely N-dealkylation sites (N-methyl/N-ethyl adjacent to an activating group) is 1. The maximum absolute atomic E-state index is 11.6. The molecule has 1 rings (SSSR count). The van der Waals surface area contributed by atoms with E-state index < -0.39 is 0 Å². The molecule has 0 saturated heterocycles. The first-order chi connectivity index (χ1) is 8.11. The van der Waals surface area contributed by atoms with Gasteiger partial charge >= 0.3 is 0 Å². The van der Waals surface area contributed by atoms with Gasteiger partial charge in [-0.25, -0.2) is 0 Å². The van der Waals surface area contributed by atoms with Gasteiger partial charge in [0.25, 0.3) is 0 Å². The Bertz CT molecular complexity index is 411. The van der Waals surface area contributed by atoms with E-state index in [9.17, 15) is 4.79 Å². The number of hydrogen-bond acceptors (Lipinski definition) is 3. The molecule has 90 valence electrons. The van der Waals surface area contributed by atoms with Crippen LogP contribution in [0.15, 0.2) is 24.3 Å². The van der Waals surface area contributed by atoms with Gasteiger partial charge in [0.15, 0.2) is 0 Å². The molecule has 0 aliphatic carbocycles. The van der Waals surface area contributed by atoms with Gasteiger partial charge in [-0.2, -0.15) is 5.26 Å². The second-order valence-corrected chi connectivity index (χ2v) is 4.14. The van der Waals surface area contributed by atoms with E-state index in [1.54, 1.807) is 36.2 Å². The number of anilines is 1. The number of benzene rings is 1. The summed E-state index contributed by atoms with van der Waals surface area (Å²) in [5.74, 6) is -0.104. The molecule has 1 aromatic rings. The first-order valence-electron chi connectivity index (χ1n) is 5.22. The standard InChI is InChI=1S/C12H14ClN3O/c1-16(8-2-7-14)9-12(17)15-11-5-3-10(13)4-6-11/h3-6H,2,8-9H2,1H3,(H,15,17). The van der Waals surface area contributed by atoms with Crippen molar-refractivity contribution in [3.8, 4) is 6.07 Å². The van der Waals surface area contributed by atoms with Crippen molar-refractivity contribution in [2.24, 2.45) is 0 Å². The van der Waals surface area contributed by atoms with Crippen molar-refractivity contribution in [3.63, 3.8) is 0 Å². The summed E-state index contributed by atoms with van der Waals surface area (Å²) >= 11 is 5.74. The van der Waals surface area contributed by atoms with E-state index in [4.69, 9.17) is 16.9 Å². The van der Waals surface area contributed by atoms with Gasteiger partial charge in [-0.05, 0) is 31.3 Å². The molecule has 17 heavy (non-hydrogen) atoms. The molecule has 0 aliphatic heterocycles. The molecule has 4 nitrogen and oxygen atoms in total. The molecule has 0 unspecified atom stereocenters. The zero-order chi connectivity index (χ0) is 12.7.